The second-order valence-corrected chi connectivity index (χ2v) is 8.84. The molecule has 0 spiro atoms. The third-order valence-electron chi connectivity index (χ3n) is 5.81. The van der Waals surface area contributed by atoms with E-state index in [-0.39, 0.29) is 11.7 Å². The molecule has 0 radical (unpaired) electrons. The van der Waals surface area contributed by atoms with Crippen molar-refractivity contribution in [3.8, 4) is 23.0 Å². The van der Waals surface area contributed by atoms with Crippen LogP contribution in [0.1, 0.15) is 28.9 Å². The second-order valence-electron chi connectivity index (χ2n) is 7.92. The Labute approximate surface area is 189 Å². The molecule has 3 heterocycles. The number of carbonyl (C=O) groups excluding carboxylic acids is 1. The molecule has 0 bridgehead atoms. The molecule has 5 rings (SSSR count). The van der Waals surface area contributed by atoms with Crippen LogP contribution in [-0.2, 0) is 6.54 Å². The standard InChI is InChI=1S/C24H23BrN2O4/c25-19-4-1-17(2-5-19)24-26-20(15-31-24)14-27-9-7-16(8-10-27)23(28)18-3-6-21-22(13-18)30-12-11-29-21/h1-6,13,15-16H,7-12,14H2. The minimum atomic E-state index is 0.0365. The van der Waals surface area contributed by atoms with Crippen LogP contribution in [0, 0.1) is 5.92 Å². The van der Waals surface area contributed by atoms with Gasteiger partial charge < -0.3 is 13.9 Å². The number of aromatic nitrogens is 1. The Morgan fingerprint density at radius 2 is 1.77 bits per heavy atom. The fraction of sp³-hybridized carbons (Fsp3) is 0.333. The first-order valence-electron chi connectivity index (χ1n) is 10.5. The van der Waals surface area contributed by atoms with Crippen molar-refractivity contribution in [3.63, 3.8) is 0 Å². The van der Waals surface area contributed by atoms with E-state index in [9.17, 15) is 4.79 Å². The number of rotatable bonds is 5. The van der Waals surface area contributed by atoms with Gasteiger partial charge in [0.05, 0.1) is 5.69 Å². The van der Waals surface area contributed by atoms with Gasteiger partial charge in [-0.05, 0) is 68.4 Å². The van der Waals surface area contributed by atoms with Crippen LogP contribution in [0.25, 0.3) is 11.5 Å². The molecule has 0 aliphatic carbocycles. The number of likely N-dealkylation sites (tertiary alicyclic amines) is 1. The SMILES string of the molecule is O=C(c1ccc2c(c1)OCCO2)C1CCN(Cc2coc(-c3ccc(Br)cc3)n2)CC1. The van der Waals surface area contributed by atoms with E-state index in [1.165, 1.54) is 0 Å². The maximum atomic E-state index is 13.0. The summed E-state index contributed by atoms with van der Waals surface area (Å²) in [5.74, 6) is 2.24. The van der Waals surface area contributed by atoms with Gasteiger partial charge in [0.2, 0.25) is 5.89 Å². The van der Waals surface area contributed by atoms with Crippen molar-refractivity contribution >= 4 is 21.7 Å². The molecule has 2 aliphatic rings. The Morgan fingerprint density at radius 1 is 1.03 bits per heavy atom. The first kappa shape index (κ1) is 20.3. The fourth-order valence-corrected chi connectivity index (χ4v) is 4.38. The maximum Gasteiger partial charge on any atom is 0.226 e. The van der Waals surface area contributed by atoms with Crippen LogP contribution < -0.4 is 9.47 Å². The van der Waals surface area contributed by atoms with E-state index in [0.29, 0.717) is 36.2 Å². The van der Waals surface area contributed by atoms with E-state index in [1.54, 1.807) is 6.26 Å². The summed E-state index contributed by atoms with van der Waals surface area (Å²) in [5.41, 5.74) is 2.58. The van der Waals surface area contributed by atoms with Crippen LogP contribution in [0.5, 0.6) is 11.5 Å². The highest BCUT2D eigenvalue weighted by Crippen LogP contribution is 2.33. The molecule has 0 N–H and O–H groups in total. The minimum Gasteiger partial charge on any atom is -0.486 e. The van der Waals surface area contributed by atoms with Crippen LogP contribution in [0.3, 0.4) is 0 Å². The van der Waals surface area contributed by atoms with Crippen molar-refractivity contribution < 1.29 is 18.7 Å². The Kier molecular flexibility index (Phi) is 5.78. The molecule has 1 fully saturated rings. The number of ether oxygens (including phenoxy) is 2. The predicted molar refractivity (Wildman–Crippen MR) is 119 cm³/mol. The van der Waals surface area contributed by atoms with Crippen LogP contribution >= 0.6 is 15.9 Å². The number of nitrogens with zero attached hydrogens (tertiary/aromatic N) is 2. The van der Waals surface area contributed by atoms with E-state index in [2.05, 4.69) is 25.8 Å². The zero-order valence-corrected chi connectivity index (χ0v) is 18.6. The van der Waals surface area contributed by atoms with Crippen LogP contribution in [0.2, 0.25) is 0 Å². The van der Waals surface area contributed by atoms with Gasteiger partial charge in [-0.3, -0.25) is 9.69 Å². The number of benzene rings is 2. The van der Waals surface area contributed by atoms with Gasteiger partial charge >= 0.3 is 0 Å². The van der Waals surface area contributed by atoms with E-state index in [4.69, 9.17) is 13.9 Å². The lowest BCUT2D eigenvalue weighted by Crippen LogP contribution is -2.36. The zero-order valence-electron chi connectivity index (χ0n) is 17.1. The number of hydrogen-bond donors (Lipinski definition) is 0. The number of Topliss-reactive ketones (excluding diaryl/α,β-unsaturated/α-hetero) is 1. The number of fused-ring (bicyclic) bond motifs is 1. The highest BCUT2D eigenvalue weighted by molar-refractivity contribution is 9.10. The summed E-state index contributed by atoms with van der Waals surface area (Å²) >= 11 is 3.44. The van der Waals surface area contributed by atoms with E-state index in [1.807, 2.05) is 42.5 Å². The number of halogens is 1. The quantitative estimate of drug-likeness (QED) is 0.478. The van der Waals surface area contributed by atoms with Crippen molar-refractivity contribution in [1.29, 1.82) is 0 Å². The number of ketones is 1. The smallest absolute Gasteiger partial charge is 0.226 e. The normalized spacial score (nSPS) is 16.9. The number of piperidine rings is 1. The molecule has 0 saturated carbocycles. The van der Waals surface area contributed by atoms with Gasteiger partial charge in [0.25, 0.3) is 0 Å². The third kappa shape index (κ3) is 4.52. The van der Waals surface area contributed by atoms with Gasteiger partial charge in [0, 0.05) is 28.1 Å². The van der Waals surface area contributed by atoms with E-state index < -0.39 is 0 Å². The Morgan fingerprint density at radius 3 is 2.55 bits per heavy atom. The molecule has 0 amide bonds. The van der Waals surface area contributed by atoms with Crippen LogP contribution in [0.15, 0.2) is 57.6 Å². The molecule has 160 valence electrons. The lowest BCUT2D eigenvalue weighted by atomic mass is 9.88. The molecule has 7 heteroatoms. The summed E-state index contributed by atoms with van der Waals surface area (Å²) < 4.78 is 17.9. The predicted octanol–water partition coefficient (Wildman–Crippen LogP) is 4.97. The first-order valence-corrected chi connectivity index (χ1v) is 11.3. The van der Waals surface area contributed by atoms with Crippen molar-refractivity contribution in [1.82, 2.24) is 9.88 Å². The summed E-state index contributed by atoms with van der Waals surface area (Å²) in [4.78, 5) is 19.9. The molecule has 0 unspecified atom stereocenters. The van der Waals surface area contributed by atoms with Crippen LogP contribution in [0.4, 0.5) is 0 Å². The van der Waals surface area contributed by atoms with E-state index in [0.717, 1.165) is 48.2 Å². The average molecular weight is 483 g/mol. The van der Waals surface area contributed by atoms with Gasteiger partial charge in [-0.2, -0.15) is 0 Å². The molecule has 6 nitrogen and oxygen atoms in total. The Balaban J connectivity index is 1.17. The van der Waals surface area contributed by atoms with Gasteiger partial charge in [0.1, 0.15) is 19.5 Å². The average Bonchev–Trinajstić information content (AvgIpc) is 3.27. The van der Waals surface area contributed by atoms with Crippen molar-refractivity contribution in [3.05, 3.63) is 64.5 Å². The van der Waals surface area contributed by atoms with E-state index >= 15 is 0 Å². The molecule has 2 aromatic carbocycles. The summed E-state index contributed by atoms with van der Waals surface area (Å²) in [6.07, 6.45) is 3.40. The topological polar surface area (TPSA) is 64.8 Å². The lowest BCUT2D eigenvalue weighted by Gasteiger charge is -2.30. The minimum absolute atomic E-state index is 0.0365. The summed E-state index contributed by atoms with van der Waals surface area (Å²) in [7, 11) is 0. The molecule has 31 heavy (non-hydrogen) atoms. The highest BCUT2D eigenvalue weighted by atomic mass is 79.9. The molecule has 0 atom stereocenters. The third-order valence-corrected chi connectivity index (χ3v) is 6.34. The highest BCUT2D eigenvalue weighted by Gasteiger charge is 2.27. The molecule has 1 aromatic heterocycles. The number of hydrogen-bond acceptors (Lipinski definition) is 6. The lowest BCUT2D eigenvalue weighted by molar-refractivity contribution is 0.0832. The Hall–Kier alpha value is -2.64. The molecular weight excluding hydrogens is 460 g/mol. The maximum absolute atomic E-state index is 13.0. The second kappa shape index (κ2) is 8.85. The zero-order chi connectivity index (χ0) is 21.2. The van der Waals surface area contributed by atoms with Gasteiger partial charge in [-0.1, -0.05) is 15.9 Å². The monoisotopic (exact) mass is 482 g/mol. The molecular formula is C24H23BrN2O4. The molecule has 1 saturated heterocycles. The van der Waals surface area contributed by atoms with Crippen molar-refractivity contribution in [2.75, 3.05) is 26.3 Å². The molecule has 2 aliphatic heterocycles. The number of carbonyl (C=O) groups is 1. The van der Waals surface area contributed by atoms with Gasteiger partial charge in [-0.15, -0.1) is 0 Å². The van der Waals surface area contributed by atoms with Gasteiger partial charge in [0.15, 0.2) is 17.3 Å². The van der Waals surface area contributed by atoms with Gasteiger partial charge in [-0.25, -0.2) is 4.98 Å². The first-order chi connectivity index (χ1) is 15.2. The fourth-order valence-electron chi connectivity index (χ4n) is 4.12. The number of oxazole rings is 1. The van der Waals surface area contributed by atoms with Crippen molar-refractivity contribution in [2.24, 2.45) is 5.92 Å². The summed E-state index contributed by atoms with van der Waals surface area (Å²) in [6.45, 7) is 3.53. The molecule has 3 aromatic rings. The summed E-state index contributed by atoms with van der Waals surface area (Å²) in [5, 5.41) is 0. The van der Waals surface area contributed by atoms with Crippen molar-refractivity contribution in [2.45, 2.75) is 19.4 Å². The largest absolute Gasteiger partial charge is 0.486 e. The Bertz CT molecular complexity index is 1070. The van der Waals surface area contributed by atoms with Crippen LogP contribution in [-0.4, -0.2) is 42.0 Å². The summed E-state index contributed by atoms with van der Waals surface area (Å²) in [6, 6.07) is 13.4.